The zero-order valence-electron chi connectivity index (χ0n) is 23.4. The van der Waals surface area contributed by atoms with Crippen molar-refractivity contribution >= 4 is 11.6 Å². The van der Waals surface area contributed by atoms with Gasteiger partial charge in [0.25, 0.3) is 0 Å². The summed E-state index contributed by atoms with van der Waals surface area (Å²) in [5.74, 6) is 0.791. The smallest absolute Gasteiger partial charge is 0.433 e. The van der Waals surface area contributed by atoms with E-state index in [1.54, 1.807) is 18.2 Å². The molecule has 0 saturated carbocycles. The van der Waals surface area contributed by atoms with E-state index in [0.29, 0.717) is 11.1 Å². The second kappa shape index (κ2) is 17.5. The van der Waals surface area contributed by atoms with Crippen molar-refractivity contribution in [3.8, 4) is 17.0 Å². The minimum atomic E-state index is -4.60. The molecule has 0 atom stereocenters. The standard InChI is InChI=1S/C17H13F3N4O.C9H12O.2C2H6/c1-11(25)12-4-5-16(22-8-6-12)24-15(17(18,19)20)9-14(23-24)13-3-2-7-21-10-13;1-2-8-10-9-6-4-3-5-7-9;2*1-2/h2-7,9-10H,8H2,1H3;3-7H,2,8H2,1H3;2*1-2H3. The number of hydrogen-bond acceptors (Lipinski definition) is 5. The van der Waals surface area contributed by atoms with Crippen LogP contribution >= 0.6 is 0 Å². The molecular weight excluding hydrogens is 505 g/mol. The molecule has 9 heteroatoms. The van der Waals surface area contributed by atoms with Gasteiger partial charge in [-0.3, -0.25) is 14.8 Å². The fourth-order valence-electron chi connectivity index (χ4n) is 3.07. The number of alkyl halides is 3. The first-order chi connectivity index (χ1) is 18.8. The van der Waals surface area contributed by atoms with Crippen molar-refractivity contribution in [2.24, 2.45) is 4.99 Å². The van der Waals surface area contributed by atoms with Crippen LogP contribution in [0.4, 0.5) is 13.2 Å². The molecule has 1 aliphatic heterocycles. The Balaban J connectivity index is 0.000000454. The first kappa shape index (κ1) is 33.0. The highest BCUT2D eigenvalue weighted by Crippen LogP contribution is 2.32. The number of Topliss-reactive ketones (excluding diaryl/α,β-unsaturated/α-hetero) is 1. The fourth-order valence-corrected chi connectivity index (χ4v) is 3.07. The normalized spacial score (nSPS) is 12.1. The Morgan fingerprint density at radius 3 is 2.28 bits per heavy atom. The summed E-state index contributed by atoms with van der Waals surface area (Å²) >= 11 is 0. The molecule has 0 N–H and O–H groups in total. The van der Waals surface area contributed by atoms with Crippen LogP contribution in [0.15, 0.2) is 89.7 Å². The SMILES string of the molecule is CC.CC.CC(=O)C1=CCN=C(n2nc(-c3cccnc3)cc2C(F)(F)F)C=C1.CCCOc1ccccc1. The van der Waals surface area contributed by atoms with Gasteiger partial charge in [-0.15, -0.1) is 0 Å². The number of allylic oxidation sites excluding steroid dienone is 3. The van der Waals surface area contributed by atoms with Gasteiger partial charge in [0.2, 0.25) is 0 Å². The van der Waals surface area contributed by atoms with Crippen LogP contribution < -0.4 is 4.74 Å². The molecule has 1 aliphatic rings. The Morgan fingerprint density at radius 2 is 1.72 bits per heavy atom. The molecule has 0 fully saturated rings. The van der Waals surface area contributed by atoms with Crippen LogP contribution in [0.1, 0.15) is 53.7 Å². The number of pyridine rings is 1. The largest absolute Gasteiger partial charge is 0.494 e. The van der Waals surface area contributed by atoms with Gasteiger partial charge in [0.05, 0.1) is 18.8 Å². The van der Waals surface area contributed by atoms with E-state index in [9.17, 15) is 18.0 Å². The Kier molecular flexibility index (Phi) is 14.8. The third-order valence-electron chi connectivity index (χ3n) is 4.77. The summed E-state index contributed by atoms with van der Waals surface area (Å²) in [6, 6.07) is 14.1. The quantitative estimate of drug-likeness (QED) is 0.330. The van der Waals surface area contributed by atoms with Gasteiger partial charge in [-0.05, 0) is 55.8 Å². The zero-order chi connectivity index (χ0) is 29.3. The maximum Gasteiger partial charge on any atom is 0.433 e. The number of carbonyl (C=O) groups excluding carboxylic acids is 1. The lowest BCUT2D eigenvalue weighted by atomic mass is 10.1. The van der Waals surface area contributed by atoms with Crippen LogP contribution in [0.2, 0.25) is 0 Å². The van der Waals surface area contributed by atoms with Crippen LogP contribution in [0, 0.1) is 0 Å². The van der Waals surface area contributed by atoms with Crippen molar-refractivity contribution in [3.05, 3.63) is 90.4 Å². The van der Waals surface area contributed by atoms with Crippen molar-refractivity contribution in [2.45, 2.75) is 54.1 Å². The summed E-state index contributed by atoms with van der Waals surface area (Å²) in [5.41, 5.74) is 0.0565. The average molecular weight is 543 g/mol. The minimum Gasteiger partial charge on any atom is -0.494 e. The van der Waals surface area contributed by atoms with Gasteiger partial charge in [-0.2, -0.15) is 18.3 Å². The summed E-state index contributed by atoms with van der Waals surface area (Å²) in [5, 5.41) is 4.05. The number of aliphatic imine (C=N–C) groups is 1. The molecule has 6 nitrogen and oxygen atoms in total. The third-order valence-corrected chi connectivity index (χ3v) is 4.77. The molecule has 0 amide bonds. The third kappa shape index (κ3) is 10.7. The summed E-state index contributed by atoms with van der Waals surface area (Å²) in [6.45, 7) is 12.4. The van der Waals surface area contributed by atoms with Crippen LogP contribution in [0.3, 0.4) is 0 Å². The number of halogens is 3. The molecule has 210 valence electrons. The highest BCUT2D eigenvalue weighted by molar-refractivity contribution is 6.01. The van der Waals surface area contributed by atoms with Crippen molar-refractivity contribution in [1.82, 2.24) is 14.8 Å². The summed E-state index contributed by atoms with van der Waals surface area (Å²) < 4.78 is 46.3. The zero-order valence-corrected chi connectivity index (χ0v) is 23.4. The van der Waals surface area contributed by atoms with Crippen LogP contribution in [0.25, 0.3) is 11.3 Å². The molecule has 0 spiro atoms. The molecule has 4 rings (SSSR count). The molecule has 1 aromatic carbocycles. The van der Waals surface area contributed by atoms with Crippen molar-refractivity contribution < 1.29 is 22.7 Å². The van der Waals surface area contributed by atoms with Crippen LogP contribution in [-0.2, 0) is 11.0 Å². The number of carbonyl (C=O) groups is 1. The van der Waals surface area contributed by atoms with Gasteiger partial charge in [-0.1, -0.05) is 58.9 Å². The highest BCUT2D eigenvalue weighted by Gasteiger charge is 2.37. The number of nitrogens with zero attached hydrogens (tertiary/aromatic N) is 4. The van der Waals surface area contributed by atoms with E-state index >= 15 is 0 Å². The van der Waals surface area contributed by atoms with Crippen LogP contribution in [0.5, 0.6) is 5.75 Å². The Labute approximate surface area is 229 Å². The fraction of sp³-hybridized carbons (Fsp3) is 0.333. The van der Waals surface area contributed by atoms with Gasteiger partial charge < -0.3 is 4.74 Å². The van der Waals surface area contributed by atoms with Crippen molar-refractivity contribution in [2.75, 3.05) is 13.2 Å². The van der Waals surface area contributed by atoms with Gasteiger partial charge in [0.1, 0.15) is 11.6 Å². The van der Waals surface area contributed by atoms with E-state index in [0.717, 1.165) is 29.5 Å². The predicted molar refractivity (Wildman–Crippen MR) is 151 cm³/mol. The van der Waals surface area contributed by atoms with Gasteiger partial charge >= 0.3 is 6.18 Å². The second-order valence-electron chi connectivity index (χ2n) is 7.48. The van der Waals surface area contributed by atoms with E-state index < -0.39 is 11.9 Å². The predicted octanol–water partition coefficient (Wildman–Crippen LogP) is 7.82. The maximum absolute atomic E-state index is 13.4. The molecule has 0 aliphatic carbocycles. The van der Waals surface area contributed by atoms with Gasteiger partial charge in [0.15, 0.2) is 11.5 Å². The van der Waals surface area contributed by atoms with Gasteiger partial charge in [0, 0.05) is 23.5 Å². The monoisotopic (exact) mass is 542 g/mol. The highest BCUT2D eigenvalue weighted by atomic mass is 19.4. The number of para-hydroxylation sites is 1. The number of rotatable bonds is 5. The number of hydrogen-bond donors (Lipinski definition) is 0. The molecule has 0 radical (unpaired) electrons. The second-order valence-corrected chi connectivity index (χ2v) is 7.48. The van der Waals surface area contributed by atoms with E-state index in [2.05, 4.69) is 22.0 Å². The number of ketones is 1. The number of aromatic nitrogens is 3. The molecule has 0 unspecified atom stereocenters. The number of benzene rings is 1. The first-order valence-corrected chi connectivity index (χ1v) is 13.0. The summed E-state index contributed by atoms with van der Waals surface area (Å²) in [7, 11) is 0. The topological polar surface area (TPSA) is 69.4 Å². The molecule has 3 aromatic rings. The van der Waals surface area contributed by atoms with Gasteiger partial charge in [-0.25, -0.2) is 4.68 Å². The minimum absolute atomic E-state index is 0.00923. The van der Waals surface area contributed by atoms with E-state index in [1.165, 1.54) is 31.5 Å². The lowest BCUT2D eigenvalue weighted by Crippen LogP contribution is -2.20. The molecule has 39 heavy (non-hydrogen) atoms. The number of ether oxygens (including phenoxy) is 1. The molecule has 0 bridgehead atoms. The Bertz CT molecular complexity index is 1220. The van der Waals surface area contributed by atoms with Crippen molar-refractivity contribution in [1.29, 1.82) is 0 Å². The molecule has 2 aromatic heterocycles. The van der Waals surface area contributed by atoms with E-state index in [-0.39, 0.29) is 23.9 Å². The summed E-state index contributed by atoms with van der Waals surface area (Å²) in [6.07, 6.45) is 3.78. The summed E-state index contributed by atoms with van der Waals surface area (Å²) in [4.78, 5) is 19.4. The van der Waals surface area contributed by atoms with E-state index in [4.69, 9.17) is 4.74 Å². The van der Waals surface area contributed by atoms with Crippen LogP contribution in [-0.4, -0.2) is 39.5 Å². The lowest BCUT2D eigenvalue weighted by Gasteiger charge is -2.09. The molecule has 3 heterocycles. The molecule has 0 saturated heterocycles. The molecular formula is C30H37F3N4O2. The van der Waals surface area contributed by atoms with Crippen molar-refractivity contribution in [3.63, 3.8) is 0 Å². The Morgan fingerprint density at radius 1 is 1.03 bits per heavy atom. The maximum atomic E-state index is 13.4. The lowest BCUT2D eigenvalue weighted by molar-refractivity contribution is -0.142. The average Bonchev–Trinajstić information content (AvgIpc) is 3.28. The first-order valence-electron chi connectivity index (χ1n) is 13.0. The van der Waals surface area contributed by atoms with E-state index in [1.807, 2.05) is 58.0 Å². The Hall–Kier alpha value is -4.01.